The van der Waals surface area contributed by atoms with Crippen LogP contribution in [0.1, 0.15) is 11.1 Å². The molecule has 0 bridgehead atoms. The van der Waals surface area contributed by atoms with Gasteiger partial charge in [0.15, 0.2) is 5.75 Å². The Morgan fingerprint density at radius 1 is 1.29 bits per heavy atom. The van der Waals surface area contributed by atoms with Gasteiger partial charge in [-0.25, -0.2) is 4.39 Å². The summed E-state index contributed by atoms with van der Waals surface area (Å²) < 4.78 is 18.6. The summed E-state index contributed by atoms with van der Waals surface area (Å²) in [5.41, 5.74) is 1.75. The molecule has 0 heterocycles. The largest absolute Gasteiger partial charge is 0.490 e. The van der Waals surface area contributed by atoms with Crippen molar-refractivity contribution in [2.45, 2.75) is 13.5 Å². The molecule has 2 aromatic rings. The predicted molar refractivity (Wildman–Crippen MR) is 78.1 cm³/mol. The number of benzene rings is 2. The number of nitrogens with zero attached hydrogens (tertiary/aromatic N) is 1. The third-order valence-electron chi connectivity index (χ3n) is 3.05. The molecular weight excluding hydrogens is 275 g/mol. The van der Waals surface area contributed by atoms with Crippen LogP contribution in [0.4, 0.5) is 15.8 Å². The van der Waals surface area contributed by atoms with Crippen LogP contribution in [-0.4, -0.2) is 12.0 Å². The van der Waals surface area contributed by atoms with Gasteiger partial charge in [-0.2, -0.15) is 0 Å². The number of hydrogen-bond acceptors (Lipinski definition) is 4. The average molecular weight is 290 g/mol. The molecule has 2 rings (SSSR count). The zero-order valence-electron chi connectivity index (χ0n) is 11.7. The molecule has 0 fully saturated rings. The van der Waals surface area contributed by atoms with Gasteiger partial charge in [0.25, 0.3) is 0 Å². The summed E-state index contributed by atoms with van der Waals surface area (Å²) in [6.07, 6.45) is 0. The Morgan fingerprint density at radius 2 is 2.05 bits per heavy atom. The van der Waals surface area contributed by atoms with Gasteiger partial charge in [-0.3, -0.25) is 10.1 Å². The van der Waals surface area contributed by atoms with Crippen molar-refractivity contribution in [3.05, 3.63) is 63.5 Å². The Morgan fingerprint density at radius 3 is 2.67 bits per heavy atom. The number of nitrogens with one attached hydrogen (secondary N) is 1. The quantitative estimate of drug-likeness (QED) is 0.674. The molecule has 0 aliphatic rings. The van der Waals surface area contributed by atoms with E-state index in [4.69, 9.17) is 4.74 Å². The molecule has 21 heavy (non-hydrogen) atoms. The summed E-state index contributed by atoms with van der Waals surface area (Å²) in [7, 11) is 1.38. The van der Waals surface area contributed by atoms with Crippen LogP contribution in [0.2, 0.25) is 0 Å². The summed E-state index contributed by atoms with van der Waals surface area (Å²) in [4.78, 5) is 10.4. The number of ether oxygens (including phenoxy) is 1. The van der Waals surface area contributed by atoms with Gasteiger partial charge in [0.05, 0.1) is 17.7 Å². The molecule has 5 nitrogen and oxygen atoms in total. The van der Waals surface area contributed by atoms with E-state index >= 15 is 0 Å². The Kier molecular flexibility index (Phi) is 4.37. The monoisotopic (exact) mass is 290 g/mol. The lowest BCUT2D eigenvalue weighted by Crippen LogP contribution is -2.03. The van der Waals surface area contributed by atoms with Crippen LogP contribution >= 0.6 is 0 Å². The van der Waals surface area contributed by atoms with Crippen molar-refractivity contribution in [3.8, 4) is 5.75 Å². The second-order valence-corrected chi connectivity index (χ2v) is 4.60. The average Bonchev–Trinajstić information content (AvgIpc) is 2.46. The highest BCUT2D eigenvalue weighted by molar-refractivity contribution is 5.51. The fourth-order valence-electron chi connectivity index (χ4n) is 1.95. The Balaban J connectivity index is 2.16. The zero-order chi connectivity index (χ0) is 15.4. The molecule has 0 amide bonds. The van der Waals surface area contributed by atoms with E-state index in [2.05, 4.69) is 5.32 Å². The van der Waals surface area contributed by atoms with Gasteiger partial charge in [-0.05, 0) is 36.2 Å². The molecule has 0 spiro atoms. The lowest BCUT2D eigenvalue weighted by Gasteiger charge is -2.09. The highest BCUT2D eigenvalue weighted by Gasteiger charge is 2.15. The SMILES string of the molecule is COc1ccc(CNc2ccc(C)cc2F)cc1[N+](=O)[O-]. The summed E-state index contributed by atoms with van der Waals surface area (Å²) in [5, 5.41) is 13.9. The topological polar surface area (TPSA) is 64.4 Å². The van der Waals surface area contributed by atoms with Gasteiger partial charge in [-0.15, -0.1) is 0 Å². The molecule has 6 heteroatoms. The van der Waals surface area contributed by atoms with Crippen LogP contribution < -0.4 is 10.1 Å². The first-order chi connectivity index (χ1) is 10.0. The maximum Gasteiger partial charge on any atom is 0.311 e. The van der Waals surface area contributed by atoms with Gasteiger partial charge < -0.3 is 10.1 Å². The first-order valence-electron chi connectivity index (χ1n) is 6.32. The van der Waals surface area contributed by atoms with E-state index in [0.29, 0.717) is 11.3 Å². The Labute approximate surface area is 121 Å². The molecule has 0 saturated carbocycles. The van der Waals surface area contributed by atoms with Gasteiger partial charge in [0, 0.05) is 12.6 Å². The number of hydrogen-bond donors (Lipinski definition) is 1. The van der Waals surface area contributed by atoms with Gasteiger partial charge in [0.1, 0.15) is 5.82 Å². The lowest BCUT2D eigenvalue weighted by molar-refractivity contribution is -0.385. The first-order valence-corrected chi connectivity index (χ1v) is 6.32. The highest BCUT2D eigenvalue weighted by Crippen LogP contribution is 2.28. The molecule has 2 aromatic carbocycles. The number of methoxy groups -OCH3 is 1. The second kappa shape index (κ2) is 6.21. The first kappa shape index (κ1) is 14.8. The minimum Gasteiger partial charge on any atom is -0.490 e. The number of anilines is 1. The van der Waals surface area contributed by atoms with E-state index in [1.165, 1.54) is 25.3 Å². The second-order valence-electron chi connectivity index (χ2n) is 4.60. The third kappa shape index (κ3) is 3.47. The fraction of sp³-hybridized carbons (Fsp3) is 0.200. The van der Waals surface area contributed by atoms with Crippen molar-refractivity contribution < 1.29 is 14.1 Å². The molecule has 0 saturated heterocycles. The molecule has 1 N–H and O–H groups in total. The smallest absolute Gasteiger partial charge is 0.311 e. The molecule has 0 aromatic heterocycles. The van der Waals surface area contributed by atoms with E-state index in [9.17, 15) is 14.5 Å². The van der Waals surface area contributed by atoms with Gasteiger partial charge in [0.2, 0.25) is 0 Å². The molecule has 0 aliphatic heterocycles. The zero-order valence-corrected chi connectivity index (χ0v) is 11.7. The predicted octanol–water partition coefficient (Wildman–Crippen LogP) is 3.66. The van der Waals surface area contributed by atoms with Crippen molar-refractivity contribution in [2.75, 3.05) is 12.4 Å². The summed E-state index contributed by atoms with van der Waals surface area (Å²) in [6.45, 7) is 2.09. The normalized spacial score (nSPS) is 10.2. The summed E-state index contributed by atoms with van der Waals surface area (Å²) in [6, 6.07) is 9.51. The van der Waals surface area contributed by atoms with Crippen molar-refractivity contribution in [1.29, 1.82) is 0 Å². The van der Waals surface area contributed by atoms with E-state index < -0.39 is 4.92 Å². The maximum atomic E-state index is 13.7. The molecule has 0 aliphatic carbocycles. The molecular formula is C15H15FN2O3. The minimum atomic E-state index is -0.505. The number of nitro benzene ring substituents is 1. The number of nitro groups is 1. The standard InChI is InChI=1S/C15H15FN2O3/c1-10-3-5-13(12(16)7-10)17-9-11-4-6-15(21-2)14(8-11)18(19)20/h3-8,17H,9H2,1-2H3. The molecule has 0 unspecified atom stereocenters. The Bertz CT molecular complexity index is 674. The highest BCUT2D eigenvalue weighted by atomic mass is 19.1. The number of halogens is 1. The fourth-order valence-corrected chi connectivity index (χ4v) is 1.95. The van der Waals surface area contributed by atoms with Gasteiger partial charge in [-0.1, -0.05) is 12.1 Å². The van der Waals surface area contributed by atoms with Crippen LogP contribution in [0.5, 0.6) is 5.75 Å². The van der Waals surface area contributed by atoms with Crippen LogP contribution in [0.3, 0.4) is 0 Å². The lowest BCUT2D eigenvalue weighted by atomic mass is 10.1. The minimum absolute atomic E-state index is 0.110. The van der Waals surface area contributed by atoms with Crippen molar-refractivity contribution in [3.63, 3.8) is 0 Å². The summed E-state index contributed by atoms with van der Waals surface area (Å²) in [5.74, 6) is -0.150. The van der Waals surface area contributed by atoms with Crippen LogP contribution in [0.15, 0.2) is 36.4 Å². The number of rotatable bonds is 5. The Hall–Kier alpha value is -2.63. The van der Waals surface area contributed by atoms with E-state index in [0.717, 1.165) is 5.56 Å². The van der Waals surface area contributed by atoms with Crippen molar-refractivity contribution in [2.24, 2.45) is 0 Å². The van der Waals surface area contributed by atoms with Crippen molar-refractivity contribution >= 4 is 11.4 Å². The van der Waals surface area contributed by atoms with Crippen LogP contribution in [0, 0.1) is 22.9 Å². The third-order valence-corrected chi connectivity index (χ3v) is 3.05. The molecule has 0 atom stereocenters. The van der Waals surface area contributed by atoms with E-state index in [1.54, 1.807) is 25.1 Å². The van der Waals surface area contributed by atoms with Crippen LogP contribution in [0.25, 0.3) is 0 Å². The maximum absolute atomic E-state index is 13.7. The number of aryl methyl sites for hydroxylation is 1. The van der Waals surface area contributed by atoms with E-state index in [-0.39, 0.29) is 23.8 Å². The van der Waals surface area contributed by atoms with E-state index in [1.807, 2.05) is 0 Å². The van der Waals surface area contributed by atoms with Crippen molar-refractivity contribution in [1.82, 2.24) is 0 Å². The summed E-state index contributed by atoms with van der Waals surface area (Å²) >= 11 is 0. The molecule has 110 valence electrons. The van der Waals surface area contributed by atoms with Crippen LogP contribution in [-0.2, 0) is 6.54 Å². The molecule has 0 radical (unpaired) electrons. The van der Waals surface area contributed by atoms with Gasteiger partial charge >= 0.3 is 5.69 Å².